The molecule has 0 atom stereocenters. The number of hydrogen-bond acceptors (Lipinski definition) is 2. The molecule has 0 N–H and O–H groups in total. The minimum absolute atomic E-state index is 0.105. The van der Waals surface area contributed by atoms with E-state index in [9.17, 15) is 4.79 Å². The first-order chi connectivity index (χ1) is 9.47. The molecule has 0 bridgehead atoms. The van der Waals surface area contributed by atoms with Crippen molar-refractivity contribution >= 4 is 5.91 Å². The summed E-state index contributed by atoms with van der Waals surface area (Å²) in [6.45, 7) is 10.1. The lowest BCUT2D eigenvalue weighted by molar-refractivity contribution is -0.135. The molecule has 0 aliphatic carbocycles. The topological polar surface area (TPSA) is 38.1 Å². The van der Waals surface area contributed by atoms with Crippen molar-refractivity contribution in [2.45, 2.75) is 53.0 Å². The number of aromatic nitrogens is 2. The van der Waals surface area contributed by atoms with E-state index in [1.165, 1.54) is 5.56 Å². The first-order valence-corrected chi connectivity index (χ1v) is 7.79. The molecule has 1 aromatic heterocycles. The Hall–Kier alpha value is -1.32. The maximum Gasteiger partial charge on any atom is 0.225 e. The lowest BCUT2D eigenvalue weighted by Gasteiger charge is -2.33. The molecule has 2 rings (SSSR count). The zero-order valence-electron chi connectivity index (χ0n) is 13.2. The predicted octanol–water partition coefficient (Wildman–Crippen LogP) is 2.90. The number of hydrogen-bond donors (Lipinski definition) is 0. The van der Waals surface area contributed by atoms with Crippen molar-refractivity contribution in [3.8, 4) is 0 Å². The highest BCUT2D eigenvalue weighted by Crippen LogP contribution is 2.23. The third-order valence-electron chi connectivity index (χ3n) is 3.94. The molecule has 20 heavy (non-hydrogen) atoms. The van der Waals surface area contributed by atoms with Gasteiger partial charge in [-0.3, -0.25) is 9.48 Å². The molecule has 2 heterocycles. The van der Waals surface area contributed by atoms with Crippen LogP contribution in [-0.2, 0) is 11.2 Å². The Kier molecular flexibility index (Phi) is 4.84. The van der Waals surface area contributed by atoms with E-state index in [1.807, 2.05) is 24.9 Å². The Bertz CT molecular complexity index is 442. The smallest absolute Gasteiger partial charge is 0.225 e. The third-order valence-corrected chi connectivity index (χ3v) is 3.94. The molecule has 0 spiro atoms. The molecule has 1 fully saturated rings. The van der Waals surface area contributed by atoms with Gasteiger partial charge in [-0.1, -0.05) is 27.7 Å². The van der Waals surface area contributed by atoms with Crippen molar-refractivity contribution < 1.29 is 4.79 Å². The van der Waals surface area contributed by atoms with Crippen LogP contribution in [0, 0.1) is 11.8 Å². The van der Waals surface area contributed by atoms with Crippen molar-refractivity contribution in [2.75, 3.05) is 13.1 Å². The van der Waals surface area contributed by atoms with Gasteiger partial charge in [0.2, 0.25) is 5.91 Å². The molecule has 1 aliphatic rings. The average Bonchev–Trinajstić information content (AvgIpc) is 2.85. The van der Waals surface area contributed by atoms with E-state index >= 15 is 0 Å². The molecule has 0 saturated carbocycles. The Balaban J connectivity index is 1.90. The maximum atomic E-state index is 12.0. The van der Waals surface area contributed by atoms with Crippen LogP contribution in [0.4, 0.5) is 0 Å². The summed E-state index contributed by atoms with van der Waals surface area (Å²) in [7, 11) is 0. The van der Waals surface area contributed by atoms with E-state index in [-0.39, 0.29) is 11.8 Å². The van der Waals surface area contributed by atoms with E-state index in [0.29, 0.717) is 12.0 Å². The number of carbonyl (C=O) groups excluding carboxylic acids is 1. The second-order valence-corrected chi connectivity index (χ2v) is 6.64. The van der Waals surface area contributed by atoms with Crippen LogP contribution in [0.5, 0.6) is 0 Å². The number of likely N-dealkylation sites (tertiary alicyclic amines) is 1. The normalized spacial score (nSPS) is 17.2. The molecular formula is C16H27N3O. The van der Waals surface area contributed by atoms with Gasteiger partial charge in [0.15, 0.2) is 0 Å². The summed E-state index contributed by atoms with van der Waals surface area (Å²) in [5, 5.41) is 4.51. The number of carbonyl (C=O) groups is 1. The third kappa shape index (κ3) is 3.62. The molecule has 1 aliphatic heterocycles. The molecule has 0 radical (unpaired) electrons. The van der Waals surface area contributed by atoms with Crippen molar-refractivity contribution in [1.29, 1.82) is 0 Å². The molecule has 1 saturated heterocycles. The van der Waals surface area contributed by atoms with Gasteiger partial charge in [-0.2, -0.15) is 5.10 Å². The summed E-state index contributed by atoms with van der Waals surface area (Å²) >= 11 is 0. The highest BCUT2D eigenvalue weighted by Gasteiger charge is 2.25. The minimum atomic E-state index is 0.105. The summed E-state index contributed by atoms with van der Waals surface area (Å²) in [6, 6.07) is 0.451. The molecule has 4 nitrogen and oxygen atoms in total. The van der Waals surface area contributed by atoms with Crippen LogP contribution in [0.1, 0.15) is 52.1 Å². The summed E-state index contributed by atoms with van der Waals surface area (Å²) in [4.78, 5) is 14.0. The lowest BCUT2D eigenvalue weighted by atomic mass is 10.0. The van der Waals surface area contributed by atoms with E-state index in [2.05, 4.69) is 29.8 Å². The molecular weight excluding hydrogens is 250 g/mol. The Labute approximate surface area is 122 Å². The van der Waals surface area contributed by atoms with E-state index in [0.717, 1.165) is 32.4 Å². The van der Waals surface area contributed by atoms with Gasteiger partial charge in [-0.25, -0.2) is 0 Å². The van der Waals surface area contributed by atoms with E-state index in [4.69, 9.17) is 0 Å². The van der Waals surface area contributed by atoms with Crippen molar-refractivity contribution in [2.24, 2.45) is 11.8 Å². The fraction of sp³-hybridized carbons (Fsp3) is 0.750. The quantitative estimate of drug-likeness (QED) is 0.848. The Morgan fingerprint density at radius 2 is 1.95 bits per heavy atom. The first kappa shape index (κ1) is 15.1. The Morgan fingerprint density at radius 3 is 2.50 bits per heavy atom. The first-order valence-electron chi connectivity index (χ1n) is 7.79. The van der Waals surface area contributed by atoms with Gasteiger partial charge in [0, 0.05) is 25.2 Å². The van der Waals surface area contributed by atoms with Crippen LogP contribution in [0.15, 0.2) is 12.4 Å². The van der Waals surface area contributed by atoms with Gasteiger partial charge in [0.25, 0.3) is 0 Å². The zero-order valence-corrected chi connectivity index (χ0v) is 13.2. The van der Waals surface area contributed by atoms with Crippen LogP contribution in [-0.4, -0.2) is 33.7 Å². The van der Waals surface area contributed by atoms with Crippen LogP contribution in [0.3, 0.4) is 0 Å². The second kappa shape index (κ2) is 6.42. The van der Waals surface area contributed by atoms with Gasteiger partial charge in [0.1, 0.15) is 0 Å². The zero-order chi connectivity index (χ0) is 14.7. The molecule has 4 heteroatoms. The fourth-order valence-corrected chi connectivity index (χ4v) is 2.87. The van der Waals surface area contributed by atoms with Gasteiger partial charge in [-0.15, -0.1) is 0 Å². The van der Waals surface area contributed by atoms with Crippen molar-refractivity contribution in [3.05, 3.63) is 18.0 Å². The largest absolute Gasteiger partial charge is 0.342 e. The van der Waals surface area contributed by atoms with Gasteiger partial charge in [0.05, 0.1) is 12.2 Å². The van der Waals surface area contributed by atoms with Crippen LogP contribution in [0.25, 0.3) is 0 Å². The number of rotatable bonds is 4. The molecule has 0 unspecified atom stereocenters. The summed E-state index contributed by atoms with van der Waals surface area (Å²) in [5.41, 5.74) is 1.32. The molecule has 1 aromatic rings. The highest BCUT2D eigenvalue weighted by atomic mass is 16.2. The maximum absolute atomic E-state index is 12.0. The summed E-state index contributed by atoms with van der Waals surface area (Å²) in [6.07, 6.45) is 7.30. The highest BCUT2D eigenvalue weighted by molar-refractivity contribution is 5.78. The van der Waals surface area contributed by atoms with Crippen molar-refractivity contribution in [1.82, 2.24) is 14.7 Å². The molecule has 1 amide bonds. The SMILES string of the molecule is CC(C)Cc1cnn(C2CCN(C(=O)C(C)C)CC2)c1. The fourth-order valence-electron chi connectivity index (χ4n) is 2.87. The van der Waals surface area contributed by atoms with E-state index in [1.54, 1.807) is 0 Å². The average molecular weight is 277 g/mol. The number of nitrogens with zero attached hydrogens (tertiary/aromatic N) is 3. The second-order valence-electron chi connectivity index (χ2n) is 6.64. The molecule has 0 aromatic carbocycles. The lowest BCUT2D eigenvalue weighted by Crippen LogP contribution is -2.41. The Morgan fingerprint density at radius 1 is 1.30 bits per heavy atom. The molecule has 112 valence electrons. The van der Waals surface area contributed by atoms with Crippen LogP contribution < -0.4 is 0 Å². The predicted molar refractivity (Wildman–Crippen MR) is 80.5 cm³/mol. The van der Waals surface area contributed by atoms with Gasteiger partial charge >= 0.3 is 0 Å². The number of amides is 1. The minimum Gasteiger partial charge on any atom is -0.342 e. The van der Waals surface area contributed by atoms with E-state index < -0.39 is 0 Å². The standard InChI is InChI=1S/C16H27N3O/c1-12(2)9-14-10-17-19(11-14)15-5-7-18(8-6-15)16(20)13(3)4/h10-13,15H,5-9H2,1-4H3. The van der Waals surface area contributed by atoms with Crippen molar-refractivity contribution in [3.63, 3.8) is 0 Å². The van der Waals surface area contributed by atoms with Crippen LogP contribution in [0.2, 0.25) is 0 Å². The summed E-state index contributed by atoms with van der Waals surface area (Å²) in [5.74, 6) is 1.05. The summed E-state index contributed by atoms with van der Waals surface area (Å²) < 4.78 is 2.11. The number of piperidine rings is 1. The van der Waals surface area contributed by atoms with Gasteiger partial charge in [-0.05, 0) is 30.7 Å². The van der Waals surface area contributed by atoms with Crippen LogP contribution >= 0.6 is 0 Å². The monoisotopic (exact) mass is 277 g/mol. The van der Waals surface area contributed by atoms with Gasteiger partial charge < -0.3 is 4.90 Å².